The topological polar surface area (TPSA) is 97.4 Å². The molecule has 0 aromatic heterocycles. The van der Waals surface area contributed by atoms with E-state index in [9.17, 15) is 14.4 Å². The molecular weight excluding hydrogens is 320 g/mol. The van der Waals surface area contributed by atoms with Crippen molar-refractivity contribution in [3.63, 3.8) is 0 Å². The van der Waals surface area contributed by atoms with Crippen LogP contribution in [0.3, 0.4) is 0 Å². The average molecular weight is 346 g/mol. The van der Waals surface area contributed by atoms with Crippen LogP contribution in [0.5, 0.6) is 0 Å². The Kier molecular flexibility index (Phi) is 7.16. The monoisotopic (exact) mass is 346 g/mol. The van der Waals surface area contributed by atoms with Gasteiger partial charge in [-0.2, -0.15) is 0 Å². The number of esters is 3. The summed E-state index contributed by atoms with van der Waals surface area (Å²) in [6, 6.07) is 0. The Hall–Kier alpha value is -1.67. The largest absolute Gasteiger partial charge is 0.463 e. The van der Waals surface area contributed by atoms with Crippen LogP contribution in [-0.2, 0) is 38.1 Å². The van der Waals surface area contributed by atoms with Gasteiger partial charge in [-0.3, -0.25) is 14.4 Å². The number of ether oxygens (including phenoxy) is 5. The van der Waals surface area contributed by atoms with Crippen LogP contribution in [0.1, 0.15) is 48.0 Å². The Morgan fingerprint density at radius 1 is 1.00 bits per heavy atom. The average Bonchev–Trinajstić information content (AvgIpc) is 2.36. The van der Waals surface area contributed by atoms with Crippen molar-refractivity contribution in [3.8, 4) is 0 Å². The first-order valence-electron chi connectivity index (χ1n) is 7.79. The molecule has 1 heterocycles. The maximum atomic E-state index is 11.4. The SMILES string of the molecule is CC(=O)OC[C@H]1OC(OC(C)(C)C)C[C@@H](OC(C)=O)[C@@H]1OC(C)=O. The van der Waals surface area contributed by atoms with E-state index in [0.29, 0.717) is 0 Å². The summed E-state index contributed by atoms with van der Waals surface area (Å²) >= 11 is 0. The fourth-order valence-corrected chi connectivity index (χ4v) is 2.37. The summed E-state index contributed by atoms with van der Waals surface area (Å²) in [6.07, 6.45) is -2.94. The number of hydrogen-bond acceptors (Lipinski definition) is 8. The third-order valence-electron chi connectivity index (χ3n) is 3.04. The third-order valence-corrected chi connectivity index (χ3v) is 3.04. The number of rotatable bonds is 5. The van der Waals surface area contributed by atoms with Crippen molar-refractivity contribution in [3.05, 3.63) is 0 Å². The molecule has 1 unspecified atom stereocenters. The second-order valence-electron chi connectivity index (χ2n) is 6.59. The van der Waals surface area contributed by atoms with Crippen molar-refractivity contribution < 1.29 is 38.1 Å². The predicted octanol–water partition coefficient (Wildman–Crippen LogP) is 1.34. The molecule has 0 aromatic carbocycles. The van der Waals surface area contributed by atoms with Crippen molar-refractivity contribution >= 4 is 17.9 Å². The van der Waals surface area contributed by atoms with Crippen LogP contribution >= 0.6 is 0 Å². The van der Waals surface area contributed by atoms with E-state index in [1.54, 1.807) is 0 Å². The third kappa shape index (κ3) is 7.27. The summed E-state index contributed by atoms with van der Waals surface area (Å²) in [5.41, 5.74) is -0.494. The molecule has 1 saturated heterocycles. The van der Waals surface area contributed by atoms with Crippen LogP contribution in [0.2, 0.25) is 0 Å². The molecule has 0 saturated carbocycles. The van der Waals surface area contributed by atoms with Gasteiger partial charge in [0.2, 0.25) is 0 Å². The lowest BCUT2D eigenvalue weighted by Gasteiger charge is -2.41. The lowest BCUT2D eigenvalue weighted by atomic mass is 10.0. The van der Waals surface area contributed by atoms with Crippen molar-refractivity contribution in [2.45, 2.75) is 78.2 Å². The summed E-state index contributed by atoms with van der Waals surface area (Å²) in [7, 11) is 0. The molecule has 0 spiro atoms. The molecule has 0 radical (unpaired) electrons. The Bertz CT molecular complexity index is 467. The molecule has 1 aliphatic heterocycles. The second-order valence-corrected chi connectivity index (χ2v) is 6.59. The number of hydrogen-bond donors (Lipinski definition) is 0. The van der Waals surface area contributed by atoms with E-state index in [2.05, 4.69) is 0 Å². The summed E-state index contributed by atoms with van der Waals surface area (Å²) in [5.74, 6) is -1.56. The van der Waals surface area contributed by atoms with E-state index in [4.69, 9.17) is 23.7 Å². The maximum Gasteiger partial charge on any atom is 0.303 e. The predicted molar refractivity (Wildman–Crippen MR) is 81.9 cm³/mol. The quantitative estimate of drug-likeness (QED) is 0.543. The van der Waals surface area contributed by atoms with Gasteiger partial charge in [0.1, 0.15) is 18.8 Å². The summed E-state index contributed by atoms with van der Waals surface area (Å²) in [5, 5.41) is 0. The molecule has 0 aliphatic carbocycles. The van der Waals surface area contributed by atoms with Gasteiger partial charge in [-0.05, 0) is 20.8 Å². The van der Waals surface area contributed by atoms with Gasteiger partial charge in [0.25, 0.3) is 0 Å². The first-order chi connectivity index (χ1) is 11.0. The lowest BCUT2D eigenvalue weighted by Crippen LogP contribution is -2.55. The molecule has 1 rings (SSSR count). The van der Waals surface area contributed by atoms with Crippen LogP contribution in [0, 0.1) is 0 Å². The molecule has 1 aliphatic rings. The molecule has 0 bridgehead atoms. The fraction of sp³-hybridized carbons (Fsp3) is 0.812. The van der Waals surface area contributed by atoms with Gasteiger partial charge in [-0.25, -0.2) is 0 Å². The Balaban J connectivity index is 2.97. The van der Waals surface area contributed by atoms with Gasteiger partial charge in [0.05, 0.1) is 5.60 Å². The molecule has 8 nitrogen and oxygen atoms in total. The van der Waals surface area contributed by atoms with Gasteiger partial charge < -0.3 is 23.7 Å². The summed E-state index contributed by atoms with van der Waals surface area (Å²) in [4.78, 5) is 33.8. The minimum absolute atomic E-state index is 0.144. The zero-order valence-electron chi connectivity index (χ0n) is 15.0. The normalized spacial score (nSPS) is 27.2. The molecule has 1 fully saturated rings. The molecule has 138 valence electrons. The highest BCUT2D eigenvalue weighted by atomic mass is 16.7. The van der Waals surface area contributed by atoms with Crippen LogP contribution in [0.25, 0.3) is 0 Å². The first-order valence-corrected chi connectivity index (χ1v) is 7.79. The van der Waals surface area contributed by atoms with E-state index in [1.165, 1.54) is 20.8 Å². The minimum Gasteiger partial charge on any atom is -0.463 e. The van der Waals surface area contributed by atoms with E-state index in [1.807, 2.05) is 20.8 Å². The number of carbonyl (C=O) groups is 3. The summed E-state index contributed by atoms with van der Waals surface area (Å²) < 4.78 is 27.0. The molecule has 0 amide bonds. The highest BCUT2D eigenvalue weighted by molar-refractivity contribution is 5.67. The smallest absolute Gasteiger partial charge is 0.303 e. The Morgan fingerprint density at radius 3 is 2.04 bits per heavy atom. The first kappa shape index (κ1) is 20.4. The van der Waals surface area contributed by atoms with Crippen LogP contribution in [-0.4, -0.2) is 54.7 Å². The molecule has 0 aromatic rings. The number of carbonyl (C=O) groups excluding carboxylic acids is 3. The van der Waals surface area contributed by atoms with Crippen molar-refractivity contribution in [1.82, 2.24) is 0 Å². The minimum atomic E-state index is -0.884. The zero-order valence-corrected chi connectivity index (χ0v) is 15.0. The molecular formula is C16H26O8. The van der Waals surface area contributed by atoms with Crippen molar-refractivity contribution in [2.24, 2.45) is 0 Å². The van der Waals surface area contributed by atoms with Gasteiger partial charge in [0, 0.05) is 27.2 Å². The molecule has 8 heteroatoms. The van der Waals surface area contributed by atoms with Gasteiger partial charge >= 0.3 is 17.9 Å². The molecule has 0 N–H and O–H groups in total. The van der Waals surface area contributed by atoms with Gasteiger partial charge in [0.15, 0.2) is 12.4 Å². The van der Waals surface area contributed by atoms with Crippen LogP contribution < -0.4 is 0 Å². The van der Waals surface area contributed by atoms with Crippen LogP contribution in [0.15, 0.2) is 0 Å². The maximum absolute atomic E-state index is 11.4. The van der Waals surface area contributed by atoms with E-state index in [-0.39, 0.29) is 13.0 Å². The van der Waals surface area contributed by atoms with Crippen molar-refractivity contribution in [2.75, 3.05) is 6.61 Å². The molecule has 24 heavy (non-hydrogen) atoms. The van der Waals surface area contributed by atoms with E-state index in [0.717, 1.165) is 0 Å². The second kappa shape index (κ2) is 8.43. The Labute approximate surface area is 141 Å². The standard InChI is InChI=1S/C16H26O8/c1-9(17)20-8-13-15(22-11(3)19)12(21-10(2)18)7-14(23-13)24-16(4,5)6/h12-15H,7-8H2,1-6H3/t12-,13-,14?,15+/m1/s1. The van der Waals surface area contributed by atoms with Gasteiger partial charge in [-0.15, -0.1) is 0 Å². The van der Waals surface area contributed by atoms with Gasteiger partial charge in [-0.1, -0.05) is 0 Å². The Morgan fingerprint density at radius 2 is 1.58 bits per heavy atom. The van der Waals surface area contributed by atoms with E-state index < -0.39 is 48.1 Å². The lowest BCUT2D eigenvalue weighted by molar-refractivity contribution is -0.286. The highest BCUT2D eigenvalue weighted by Gasteiger charge is 2.44. The summed E-state index contributed by atoms with van der Waals surface area (Å²) in [6.45, 7) is 9.20. The van der Waals surface area contributed by atoms with E-state index >= 15 is 0 Å². The zero-order chi connectivity index (χ0) is 18.5. The highest BCUT2D eigenvalue weighted by Crippen LogP contribution is 2.29. The molecule has 4 atom stereocenters. The van der Waals surface area contributed by atoms with Crippen LogP contribution in [0.4, 0.5) is 0 Å². The fourth-order valence-electron chi connectivity index (χ4n) is 2.37. The van der Waals surface area contributed by atoms with Crippen molar-refractivity contribution in [1.29, 1.82) is 0 Å².